The first-order valence-corrected chi connectivity index (χ1v) is 9.63. The van der Waals surface area contributed by atoms with Crippen LogP contribution in [0.2, 0.25) is 5.02 Å². The molecular weight excluding hydrogens is 406 g/mol. The Morgan fingerprint density at radius 3 is 2.27 bits per heavy atom. The molecule has 0 heterocycles. The van der Waals surface area contributed by atoms with Crippen LogP contribution in [0.25, 0.3) is 10.8 Å². The van der Waals surface area contributed by atoms with E-state index in [1.165, 1.54) is 0 Å². The lowest BCUT2D eigenvalue weighted by atomic mass is 10.1. The smallest absolute Gasteiger partial charge is 0.276 e. The van der Waals surface area contributed by atoms with E-state index in [2.05, 4.69) is 16.2 Å². The lowest BCUT2D eigenvalue weighted by molar-refractivity contribution is -0.130. The highest BCUT2D eigenvalue weighted by Gasteiger charge is 2.10. The predicted molar refractivity (Wildman–Crippen MR) is 115 cm³/mol. The number of anilines is 1. The maximum Gasteiger partial charge on any atom is 0.276 e. The number of halogens is 1. The molecule has 0 bridgehead atoms. The van der Waals surface area contributed by atoms with E-state index in [1.807, 2.05) is 36.4 Å². The number of hydrogen-bond acceptors (Lipinski definition) is 4. The number of carbonyl (C=O) groups is 3. The number of benzene rings is 3. The summed E-state index contributed by atoms with van der Waals surface area (Å²) >= 11 is 5.97. The van der Waals surface area contributed by atoms with E-state index < -0.39 is 11.8 Å². The van der Waals surface area contributed by atoms with Gasteiger partial charge in [-0.2, -0.15) is 0 Å². The third kappa shape index (κ3) is 5.96. The first-order chi connectivity index (χ1) is 14.5. The van der Waals surface area contributed by atoms with Gasteiger partial charge < -0.3 is 10.1 Å². The zero-order chi connectivity index (χ0) is 21.3. The topological polar surface area (TPSA) is 96.5 Å². The summed E-state index contributed by atoms with van der Waals surface area (Å²) in [6.07, 6.45) is -0.153. The van der Waals surface area contributed by atoms with Gasteiger partial charge in [-0.15, -0.1) is 0 Å². The molecular formula is C22H20ClN3O4. The summed E-state index contributed by atoms with van der Waals surface area (Å²) in [5, 5.41) is 4.93. The second kappa shape index (κ2) is 10.3. The molecule has 0 unspecified atom stereocenters. The fourth-order valence-corrected chi connectivity index (χ4v) is 2.89. The van der Waals surface area contributed by atoms with Gasteiger partial charge in [0, 0.05) is 18.2 Å². The number of rotatable bonds is 7. The van der Waals surface area contributed by atoms with Crippen LogP contribution in [0.3, 0.4) is 0 Å². The second-order valence-electron chi connectivity index (χ2n) is 6.39. The standard InChI is InChI=1S/C22H20ClN3O4/c23-17-9-3-4-10-18(17)24-20(27)12-13-21(28)25-26-22(29)14-30-19-11-5-7-15-6-1-2-8-16(15)19/h1-11H,12-14H2,(H,24,27)(H,25,28)(H,26,29). The molecule has 7 nitrogen and oxygen atoms in total. The monoisotopic (exact) mass is 425 g/mol. The third-order valence-corrected chi connectivity index (χ3v) is 4.51. The quantitative estimate of drug-likeness (QED) is 0.505. The fraction of sp³-hybridized carbons (Fsp3) is 0.136. The maximum absolute atomic E-state index is 11.9. The van der Waals surface area contributed by atoms with Gasteiger partial charge in [-0.25, -0.2) is 0 Å². The van der Waals surface area contributed by atoms with Crippen molar-refractivity contribution in [2.75, 3.05) is 11.9 Å². The van der Waals surface area contributed by atoms with Gasteiger partial charge >= 0.3 is 0 Å². The highest BCUT2D eigenvalue weighted by molar-refractivity contribution is 6.33. The van der Waals surface area contributed by atoms with Crippen LogP contribution in [0, 0.1) is 0 Å². The summed E-state index contributed by atoms with van der Waals surface area (Å²) in [5.41, 5.74) is 5.00. The van der Waals surface area contributed by atoms with Crippen molar-refractivity contribution in [1.29, 1.82) is 0 Å². The van der Waals surface area contributed by atoms with Gasteiger partial charge in [-0.1, -0.05) is 60.1 Å². The molecule has 0 aliphatic carbocycles. The predicted octanol–water partition coefficient (Wildman–Crippen LogP) is 3.44. The highest BCUT2D eigenvalue weighted by Crippen LogP contribution is 2.25. The summed E-state index contributed by atoms with van der Waals surface area (Å²) in [5.74, 6) is -0.797. The molecule has 30 heavy (non-hydrogen) atoms. The van der Waals surface area contributed by atoms with Gasteiger partial charge in [0.25, 0.3) is 5.91 Å². The van der Waals surface area contributed by atoms with Crippen LogP contribution in [0.15, 0.2) is 66.7 Å². The van der Waals surface area contributed by atoms with Crippen LogP contribution in [-0.4, -0.2) is 24.3 Å². The van der Waals surface area contributed by atoms with Crippen molar-refractivity contribution in [3.05, 3.63) is 71.8 Å². The number of para-hydroxylation sites is 1. The minimum Gasteiger partial charge on any atom is -0.483 e. The summed E-state index contributed by atoms with van der Waals surface area (Å²) in [6.45, 7) is -0.263. The second-order valence-corrected chi connectivity index (χ2v) is 6.80. The Kier molecular flexibility index (Phi) is 7.24. The van der Waals surface area contributed by atoms with Crippen LogP contribution in [0.1, 0.15) is 12.8 Å². The Morgan fingerprint density at radius 2 is 1.43 bits per heavy atom. The van der Waals surface area contributed by atoms with E-state index in [1.54, 1.807) is 30.3 Å². The largest absolute Gasteiger partial charge is 0.483 e. The van der Waals surface area contributed by atoms with E-state index >= 15 is 0 Å². The molecule has 0 spiro atoms. The van der Waals surface area contributed by atoms with Crippen molar-refractivity contribution in [1.82, 2.24) is 10.9 Å². The minimum absolute atomic E-state index is 0.0561. The van der Waals surface area contributed by atoms with Gasteiger partial charge in [-0.3, -0.25) is 25.2 Å². The summed E-state index contributed by atoms with van der Waals surface area (Å²) in [7, 11) is 0. The first kappa shape index (κ1) is 21.1. The molecule has 0 aromatic heterocycles. The minimum atomic E-state index is -0.517. The van der Waals surface area contributed by atoms with Gasteiger partial charge in [0.1, 0.15) is 5.75 Å². The van der Waals surface area contributed by atoms with Crippen molar-refractivity contribution in [2.45, 2.75) is 12.8 Å². The molecule has 0 fully saturated rings. The molecule has 0 aliphatic rings. The van der Waals surface area contributed by atoms with Crippen LogP contribution in [0.5, 0.6) is 5.75 Å². The van der Waals surface area contributed by atoms with E-state index in [-0.39, 0.29) is 25.4 Å². The van der Waals surface area contributed by atoms with Gasteiger partial charge in [0.05, 0.1) is 10.7 Å². The maximum atomic E-state index is 11.9. The Morgan fingerprint density at radius 1 is 0.767 bits per heavy atom. The Labute approximate surface area is 178 Å². The number of hydrazine groups is 1. The summed E-state index contributed by atoms with van der Waals surface area (Å²) < 4.78 is 5.55. The number of hydrogen-bond donors (Lipinski definition) is 3. The molecule has 0 radical (unpaired) electrons. The van der Waals surface area contributed by atoms with Crippen LogP contribution < -0.4 is 20.9 Å². The molecule has 0 aliphatic heterocycles. The molecule has 154 valence electrons. The molecule has 0 saturated carbocycles. The van der Waals surface area contributed by atoms with E-state index in [0.717, 1.165) is 10.8 Å². The number of fused-ring (bicyclic) bond motifs is 1. The van der Waals surface area contributed by atoms with Gasteiger partial charge in [0.2, 0.25) is 11.8 Å². The Hall–Kier alpha value is -3.58. The SMILES string of the molecule is O=C(CCC(=O)Nc1ccccc1Cl)NNC(=O)COc1cccc2ccccc12. The summed E-state index contributed by atoms with van der Waals surface area (Å²) in [6, 6.07) is 20.0. The number of carbonyl (C=O) groups excluding carboxylic acids is 3. The molecule has 3 aromatic rings. The average molecular weight is 426 g/mol. The van der Waals surface area contributed by atoms with E-state index in [4.69, 9.17) is 16.3 Å². The zero-order valence-electron chi connectivity index (χ0n) is 16.0. The van der Waals surface area contributed by atoms with Crippen molar-refractivity contribution in [3.8, 4) is 5.75 Å². The number of amides is 3. The van der Waals surface area contributed by atoms with E-state index in [9.17, 15) is 14.4 Å². The zero-order valence-corrected chi connectivity index (χ0v) is 16.7. The third-order valence-electron chi connectivity index (χ3n) is 4.18. The summed E-state index contributed by atoms with van der Waals surface area (Å²) in [4.78, 5) is 35.7. The average Bonchev–Trinajstić information content (AvgIpc) is 2.76. The van der Waals surface area contributed by atoms with Crippen LogP contribution in [-0.2, 0) is 14.4 Å². The Balaban J connectivity index is 1.38. The van der Waals surface area contributed by atoms with Gasteiger partial charge in [0.15, 0.2) is 6.61 Å². The highest BCUT2D eigenvalue weighted by atomic mass is 35.5. The Bertz CT molecular complexity index is 1070. The molecule has 0 saturated heterocycles. The normalized spacial score (nSPS) is 10.3. The van der Waals surface area contributed by atoms with Crippen LogP contribution >= 0.6 is 11.6 Å². The number of nitrogens with one attached hydrogen (secondary N) is 3. The van der Waals surface area contributed by atoms with Crippen LogP contribution in [0.4, 0.5) is 5.69 Å². The van der Waals surface area contributed by atoms with E-state index in [0.29, 0.717) is 16.5 Å². The molecule has 3 aromatic carbocycles. The van der Waals surface area contributed by atoms with Crippen molar-refractivity contribution in [2.24, 2.45) is 0 Å². The first-order valence-electron chi connectivity index (χ1n) is 9.25. The molecule has 3 N–H and O–H groups in total. The lowest BCUT2D eigenvalue weighted by Crippen LogP contribution is -2.44. The molecule has 3 rings (SSSR count). The molecule has 3 amide bonds. The molecule has 8 heteroatoms. The van der Waals surface area contributed by atoms with Crippen molar-refractivity contribution in [3.63, 3.8) is 0 Å². The van der Waals surface area contributed by atoms with Gasteiger partial charge in [-0.05, 0) is 23.6 Å². The molecule has 0 atom stereocenters. The fourth-order valence-electron chi connectivity index (χ4n) is 2.71. The van der Waals surface area contributed by atoms with Crippen molar-refractivity contribution < 1.29 is 19.1 Å². The van der Waals surface area contributed by atoms with Crippen molar-refractivity contribution >= 4 is 45.8 Å². The number of ether oxygens (including phenoxy) is 1. The lowest BCUT2D eigenvalue weighted by Gasteiger charge is -2.11.